The SMILES string of the molecule is COC(=O)C1CNCC2CC=CCC(NC(=O)c3nccc4ccccc34)C(=O)N21. The van der Waals surface area contributed by atoms with Gasteiger partial charge in [-0.2, -0.15) is 0 Å². The molecule has 1 aromatic carbocycles. The molecule has 0 radical (unpaired) electrons. The van der Waals surface area contributed by atoms with Crippen molar-refractivity contribution in [3.05, 3.63) is 54.4 Å². The van der Waals surface area contributed by atoms with Crippen LogP contribution in [0.5, 0.6) is 0 Å². The maximum atomic E-state index is 13.4. The van der Waals surface area contributed by atoms with Crippen LogP contribution in [-0.4, -0.2) is 66.0 Å². The number of hydrogen-bond donors (Lipinski definition) is 2. The van der Waals surface area contributed by atoms with E-state index in [1.54, 1.807) is 11.1 Å². The summed E-state index contributed by atoms with van der Waals surface area (Å²) in [6, 6.07) is 7.62. The molecular formula is C22H24N4O4. The lowest BCUT2D eigenvalue weighted by Crippen LogP contribution is -2.65. The van der Waals surface area contributed by atoms with Crippen molar-refractivity contribution in [2.75, 3.05) is 20.2 Å². The van der Waals surface area contributed by atoms with E-state index in [4.69, 9.17) is 4.74 Å². The number of esters is 1. The minimum atomic E-state index is -0.789. The third kappa shape index (κ3) is 3.78. The third-order valence-corrected chi connectivity index (χ3v) is 5.61. The minimum absolute atomic E-state index is 0.179. The second-order valence-electron chi connectivity index (χ2n) is 7.45. The standard InChI is InChI=1S/C22H24N4O4/c1-30-22(29)18-13-23-12-15-7-3-5-9-17(21(28)26(15)18)25-20(27)19-16-8-4-2-6-14(16)10-11-24-19/h2-6,8,10-11,15,17-18,23H,7,9,12-13H2,1H3,(H,25,27). The Kier molecular flexibility index (Phi) is 5.76. The number of aromatic nitrogens is 1. The Morgan fingerprint density at radius 1 is 1.17 bits per heavy atom. The highest BCUT2D eigenvalue weighted by Gasteiger charge is 2.41. The summed E-state index contributed by atoms with van der Waals surface area (Å²) in [7, 11) is 1.31. The number of benzene rings is 1. The van der Waals surface area contributed by atoms with Gasteiger partial charge in [-0.3, -0.25) is 14.6 Å². The van der Waals surface area contributed by atoms with Crippen molar-refractivity contribution < 1.29 is 19.1 Å². The molecule has 156 valence electrons. The van der Waals surface area contributed by atoms with Gasteiger partial charge in [0.05, 0.1) is 7.11 Å². The number of nitrogens with one attached hydrogen (secondary N) is 2. The number of piperazine rings is 1. The summed E-state index contributed by atoms with van der Waals surface area (Å²) < 4.78 is 4.90. The molecule has 3 unspecified atom stereocenters. The normalized spacial score (nSPS) is 24.0. The Balaban J connectivity index is 1.62. The zero-order chi connectivity index (χ0) is 21.1. The quantitative estimate of drug-likeness (QED) is 0.581. The summed E-state index contributed by atoms with van der Waals surface area (Å²) in [4.78, 5) is 44.6. The minimum Gasteiger partial charge on any atom is -0.467 e. The molecule has 2 aliphatic rings. The molecule has 0 saturated carbocycles. The number of fused-ring (bicyclic) bond motifs is 2. The average molecular weight is 408 g/mol. The molecule has 1 saturated heterocycles. The third-order valence-electron chi connectivity index (χ3n) is 5.61. The molecule has 0 spiro atoms. The number of amides is 2. The highest BCUT2D eigenvalue weighted by atomic mass is 16.5. The van der Waals surface area contributed by atoms with Crippen LogP contribution in [-0.2, 0) is 14.3 Å². The molecule has 2 amide bonds. The van der Waals surface area contributed by atoms with Crippen LogP contribution in [0.3, 0.4) is 0 Å². The lowest BCUT2D eigenvalue weighted by atomic mass is 9.98. The van der Waals surface area contributed by atoms with E-state index in [0.717, 1.165) is 10.8 Å². The van der Waals surface area contributed by atoms with E-state index in [9.17, 15) is 14.4 Å². The van der Waals surface area contributed by atoms with Gasteiger partial charge in [0.1, 0.15) is 17.8 Å². The maximum absolute atomic E-state index is 13.4. The first-order valence-electron chi connectivity index (χ1n) is 10.0. The number of carbonyl (C=O) groups excluding carboxylic acids is 3. The van der Waals surface area contributed by atoms with Gasteiger partial charge < -0.3 is 20.3 Å². The van der Waals surface area contributed by atoms with Gasteiger partial charge in [0, 0.05) is 30.7 Å². The average Bonchev–Trinajstić information content (AvgIpc) is 2.78. The molecule has 1 fully saturated rings. The van der Waals surface area contributed by atoms with Crippen LogP contribution in [0.2, 0.25) is 0 Å². The first kappa shape index (κ1) is 20.0. The second-order valence-corrected chi connectivity index (χ2v) is 7.45. The lowest BCUT2D eigenvalue weighted by molar-refractivity contribution is -0.157. The number of ether oxygens (including phenoxy) is 1. The fraction of sp³-hybridized carbons (Fsp3) is 0.364. The summed E-state index contributed by atoms with van der Waals surface area (Å²) >= 11 is 0. The fourth-order valence-corrected chi connectivity index (χ4v) is 4.12. The van der Waals surface area contributed by atoms with E-state index in [-0.39, 0.29) is 17.6 Å². The molecule has 4 rings (SSSR count). The molecule has 2 aliphatic heterocycles. The summed E-state index contributed by atoms with van der Waals surface area (Å²) in [5, 5.41) is 7.65. The van der Waals surface area contributed by atoms with Crippen LogP contribution >= 0.6 is 0 Å². The molecule has 8 heteroatoms. The van der Waals surface area contributed by atoms with Gasteiger partial charge in [-0.15, -0.1) is 0 Å². The summed E-state index contributed by atoms with van der Waals surface area (Å²) in [5.41, 5.74) is 0.272. The second kappa shape index (κ2) is 8.62. The smallest absolute Gasteiger partial charge is 0.329 e. The van der Waals surface area contributed by atoms with Gasteiger partial charge in [-0.05, 0) is 24.3 Å². The van der Waals surface area contributed by atoms with Gasteiger partial charge in [-0.25, -0.2) is 4.79 Å². The molecule has 3 heterocycles. The summed E-state index contributed by atoms with van der Waals surface area (Å²) in [6.45, 7) is 0.902. The van der Waals surface area contributed by atoms with E-state index < -0.39 is 24.0 Å². The lowest BCUT2D eigenvalue weighted by Gasteiger charge is -2.43. The van der Waals surface area contributed by atoms with Gasteiger partial charge in [0.25, 0.3) is 5.91 Å². The van der Waals surface area contributed by atoms with E-state index in [2.05, 4.69) is 15.6 Å². The predicted molar refractivity (Wildman–Crippen MR) is 111 cm³/mol. The maximum Gasteiger partial charge on any atom is 0.329 e. The molecule has 30 heavy (non-hydrogen) atoms. The van der Waals surface area contributed by atoms with Crippen molar-refractivity contribution in [1.29, 1.82) is 0 Å². The first-order valence-corrected chi connectivity index (χ1v) is 10.0. The van der Waals surface area contributed by atoms with Crippen molar-refractivity contribution in [1.82, 2.24) is 20.5 Å². The Bertz CT molecular complexity index is 1000. The van der Waals surface area contributed by atoms with Gasteiger partial charge in [-0.1, -0.05) is 36.4 Å². The first-order chi connectivity index (χ1) is 14.6. The van der Waals surface area contributed by atoms with Crippen LogP contribution < -0.4 is 10.6 Å². The van der Waals surface area contributed by atoms with E-state index in [1.807, 2.05) is 42.5 Å². The molecule has 1 aromatic heterocycles. The number of nitrogens with zero attached hydrogens (tertiary/aromatic N) is 2. The topological polar surface area (TPSA) is 101 Å². The summed E-state index contributed by atoms with van der Waals surface area (Å²) in [6.07, 6.45) is 6.45. The van der Waals surface area contributed by atoms with Crippen LogP contribution in [0.4, 0.5) is 0 Å². The van der Waals surface area contributed by atoms with Crippen LogP contribution in [0.1, 0.15) is 23.3 Å². The Morgan fingerprint density at radius 3 is 2.80 bits per heavy atom. The van der Waals surface area contributed by atoms with Crippen LogP contribution in [0.25, 0.3) is 10.8 Å². The van der Waals surface area contributed by atoms with E-state index in [1.165, 1.54) is 7.11 Å². The highest BCUT2D eigenvalue weighted by molar-refractivity contribution is 6.06. The fourth-order valence-electron chi connectivity index (χ4n) is 4.12. The van der Waals surface area contributed by atoms with Crippen molar-refractivity contribution in [3.63, 3.8) is 0 Å². The van der Waals surface area contributed by atoms with Crippen molar-refractivity contribution in [3.8, 4) is 0 Å². The molecule has 0 bridgehead atoms. The van der Waals surface area contributed by atoms with Gasteiger partial charge in [0.15, 0.2) is 0 Å². The molecule has 0 aliphatic carbocycles. The molecule has 2 aromatic rings. The Morgan fingerprint density at radius 2 is 1.97 bits per heavy atom. The highest BCUT2D eigenvalue weighted by Crippen LogP contribution is 2.21. The van der Waals surface area contributed by atoms with Crippen molar-refractivity contribution in [2.24, 2.45) is 0 Å². The molecule has 3 atom stereocenters. The van der Waals surface area contributed by atoms with Gasteiger partial charge >= 0.3 is 5.97 Å². The molecule has 2 N–H and O–H groups in total. The number of pyridine rings is 1. The zero-order valence-corrected chi connectivity index (χ0v) is 16.7. The Hall–Kier alpha value is -3.26. The molecule has 8 nitrogen and oxygen atoms in total. The zero-order valence-electron chi connectivity index (χ0n) is 16.7. The van der Waals surface area contributed by atoms with Crippen LogP contribution in [0, 0.1) is 0 Å². The largest absolute Gasteiger partial charge is 0.467 e. The van der Waals surface area contributed by atoms with E-state index in [0.29, 0.717) is 25.9 Å². The Labute approximate surface area is 174 Å². The number of carbonyl (C=O) groups is 3. The van der Waals surface area contributed by atoms with Crippen molar-refractivity contribution in [2.45, 2.75) is 31.0 Å². The number of hydrogen-bond acceptors (Lipinski definition) is 6. The monoisotopic (exact) mass is 408 g/mol. The predicted octanol–water partition coefficient (Wildman–Crippen LogP) is 1.03. The number of rotatable bonds is 3. The molecular weight excluding hydrogens is 384 g/mol. The van der Waals surface area contributed by atoms with Crippen LogP contribution in [0.15, 0.2) is 48.7 Å². The number of methoxy groups -OCH3 is 1. The van der Waals surface area contributed by atoms with Gasteiger partial charge in [0.2, 0.25) is 5.91 Å². The van der Waals surface area contributed by atoms with E-state index >= 15 is 0 Å². The van der Waals surface area contributed by atoms with Crippen molar-refractivity contribution >= 4 is 28.6 Å². The summed E-state index contributed by atoms with van der Waals surface area (Å²) in [5.74, 6) is -1.17.